The van der Waals surface area contributed by atoms with Crippen molar-refractivity contribution in [2.45, 2.75) is 17.6 Å². The van der Waals surface area contributed by atoms with E-state index in [-0.39, 0.29) is 5.76 Å². The van der Waals surface area contributed by atoms with Crippen molar-refractivity contribution in [3.8, 4) is 0 Å². The van der Waals surface area contributed by atoms with Gasteiger partial charge in [0, 0.05) is 10.6 Å². The van der Waals surface area contributed by atoms with Gasteiger partial charge >= 0.3 is 5.91 Å². The predicted molar refractivity (Wildman–Crippen MR) is 75.5 cm³/mol. The molecule has 5 nitrogen and oxygen atoms in total. The van der Waals surface area contributed by atoms with Gasteiger partial charge in [-0.25, -0.2) is 5.84 Å². The van der Waals surface area contributed by atoms with E-state index in [0.29, 0.717) is 11.5 Å². The second kappa shape index (κ2) is 5.81. The maximum atomic E-state index is 11.2. The van der Waals surface area contributed by atoms with Crippen LogP contribution in [0.25, 0.3) is 0 Å². The number of benzene rings is 1. The molecule has 0 saturated carbocycles. The van der Waals surface area contributed by atoms with Gasteiger partial charge in [0.1, 0.15) is 5.76 Å². The van der Waals surface area contributed by atoms with Crippen LogP contribution in [0, 0.1) is 6.92 Å². The van der Waals surface area contributed by atoms with Crippen LogP contribution in [-0.4, -0.2) is 5.91 Å². The van der Waals surface area contributed by atoms with Gasteiger partial charge in [-0.2, -0.15) is 0 Å². The molecule has 19 heavy (non-hydrogen) atoms. The van der Waals surface area contributed by atoms with E-state index in [1.54, 1.807) is 23.9 Å². The Labute approximate surface area is 115 Å². The second-order valence-corrected chi connectivity index (χ2v) is 5.09. The van der Waals surface area contributed by atoms with Crippen LogP contribution in [0.15, 0.2) is 39.6 Å². The number of hydrogen-bond donors (Lipinski definition) is 3. The van der Waals surface area contributed by atoms with Crippen molar-refractivity contribution in [3.05, 3.63) is 47.4 Å². The topological polar surface area (TPSA) is 94.3 Å². The van der Waals surface area contributed by atoms with Gasteiger partial charge in [-0.05, 0) is 36.8 Å². The summed E-state index contributed by atoms with van der Waals surface area (Å²) in [4.78, 5) is 12.2. The smallest absolute Gasteiger partial charge is 0.300 e. The fourth-order valence-electron chi connectivity index (χ4n) is 1.56. The van der Waals surface area contributed by atoms with Crippen molar-refractivity contribution in [2.75, 3.05) is 5.73 Å². The summed E-state index contributed by atoms with van der Waals surface area (Å²) in [6.07, 6.45) is 0. The number of rotatable bonds is 4. The van der Waals surface area contributed by atoms with E-state index in [1.165, 1.54) is 0 Å². The van der Waals surface area contributed by atoms with Crippen molar-refractivity contribution in [3.63, 3.8) is 0 Å². The van der Waals surface area contributed by atoms with Crippen molar-refractivity contribution in [1.82, 2.24) is 5.43 Å². The van der Waals surface area contributed by atoms with E-state index >= 15 is 0 Å². The molecule has 5 N–H and O–H groups in total. The number of amides is 1. The molecule has 2 rings (SSSR count). The normalized spacial score (nSPS) is 10.4. The molecule has 0 spiro atoms. The highest BCUT2D eigenvalue weighted by molar-refractivity contribution is 7.98. The van der Waals surface area contributed by atoms with Crippen LogP contribution in [-0.2, 0) is 5.75 Å². The number of hydrogen-bond acceptors (Lipinski definition) is 5. The number of furan rings is 1. The van der Waals surface area contributed by atoms with E-state index in [2.05, 4.69) is 0 Å². The number of aryl methyl sites for hydroxylation is 1. The Morgan fingerprint density at radius 1 is 1.37 bits per heavy atom. The van der Waals surface area contributed by atoms with Gasteiger partial charge < -0.3 is 10.2 Å². The van der Waals surface area contributed by atoms with Crippen molar-refractivity contribution in [2.24, 2.45) is 5.84 Å². The lowest BCUT2D eigenvalue weighted by Gasteiger charge is -2.05. The number of carbonyl (C=O) groups excluding carboxylic acids is 1. The molecule has 0 atom stereocenters. The highest BCUT2D eigenvalue weighted by atomic mass is 32.2. The molecule has 0 bridgehead atoms. The number of anilines is 1. The maximum Gasteiger partial charge on any atom is 0.300 e. The summed E-state index contributed by atoms with van der Waals surface area (Å²) in [5, 5.41) is 0. The summed E-state index contributed by atoms with van der Waals surface area (Å²) in [5.41, 5.74) is 9.81. The largest absolute Gasteiger partial charge is 0.455 e. The molecule has 0 radical (unpaired) electrons. The molecule has 0 aliphatic rings. The molecule has 0 aliphatic carbocycles. The van der Waals surface area contributed by atoms with Gasteiger partial charge in [0.05, 0.1) is 5.75 Å². The first kappa shape index (κ1) is 13.5. The van der Waals surface area contributed by atoms with Crippen LogP contribution in [0.5, 0.6) is 0 Å². The number of nitrogens with two attached hydrogens (primary N) is 2. The van der Waals surface area contributed by atoms with Crippen LogP contribution in [0.4, 0.5) is 5.69 Å². The van der Waals surface area contributed by atoms with Gasteiger partial charge in [0.15, 0.2) is 5.76 Å². The van der Waals surface area contributed by atoms with Gasteiger partial charge in [-0.3, -0.25) is 10.2 Å². The van der Waals surface area contributed by atoms with E-state index in [1.807, 2.05) is 30.5 Å². The summed E-state index contributed by atoms with van der Waals surface area (Å²) in [6, 6.07) is 9.22. The molecule has 0 fully saturated rings. The summed E-state index contributed by atoms with van der Waals surface area (Å²) in [7, 11) is 0. The molecule has 6 heteroatoms. The summed E-state index contributed by atoms with van der Waals surface area (Å²) in [6.45, 7) is 2.01. The first-order chi connectivity index (χ1) is 9.10. The van der Waals surface area contributed by atoms with Gasteiger partial charge in [0.2, 0.25) is 0 Å². The fraction of sp³-hybridized carbons (Fsp3) is 0.154. The Bertz CT molecular complexity index is 595. The molecule has 0 unspecified atom stereocenters. The van der Waals surface area contributed by atoms with E-state index in [0.717, 1.165) is 16.1 Å². The molecule has 100 valence electrons. The average molecular weight is 277 g/mol. The summed E-state index contributed by atoms with van der Waals surface area (Å²) < 4.78 is 5.37. The Hall–Kier alpha value is -1.92. The molecule has 1 heterocycles. The van der Waals surface area contributed by atoms with Gasteiger partial charge in [-0.15, -0.1) is 11.8 Å². The number of thioether (sulfide) groups is 1. The summed E-state index contributed by atoms with van der Waals surface area (Å²) >= 11 is 1.57. The van der Waals surface area contributed by atoms with Crippen LogP contribution >= 0.6 is 11.8 Å². The summed E-state index contributed by atoms with van der Waals surface area (Å²) in [5.74, 6) is 6.10. The van der Waals surface area contributed by atoms with Crippen molar-refractivity contribution >= 4 is 23.4 Å². The predicted octanol–water partition coefficient (Wildman–Crippen LogP) is 2.07. The van der Waals surface area contributed by atoms with E-state index < -0.39 is 5.91 Å². The number of nitrogen functional groups attached to an aromatic ring is 2. The van der Waals surface area contributed by atoms with Crippen molar-refractivity contribution in [1.29, 1.82) is 0 Å². The van der Waals surface area contributed by atoms with Crippen LogP contribution in [0.2, 0.25) is 0 Å². The zero-order valence-electron chi connectivity index (χ0n) is 10.5. The minimum absolute atomic E-state index is 0.204. The first-order valence-corrected chi connectivity index (χ1v) is 6.67. The molecule has 0 saturated heterocycles. The fourth-order valence-corrected chi connectivity index (χ4v) is 2.52. The molecule has 0 aliphatic heterocycles. The lowest BCUT2D eigenvalue weighted by Crippen LogP contribution is -2.29. The second-order valence-electron chi connectivity index (χ2n) is 4.07. The number of nitrogens with one attached hydrogen (secondary N) is 1. The number of hydrazine groups is 1. The monoisotopic (exact) mass is 277 g/mol. The van der Waals surface area contributed by atoms with Crippen LogP contribution in [0.3, 0.4) is 0 Å². The third-order valence-electron chi connectivity index (χ3n) is 2.56. The third kappa shape index (κ3) is 3.30. The third-order valence-corrected chi connectivity index (χ3v) is 3.65. The molecular formula is C13H15N3O2S. The van der Waals surface area contributed by atoms with Gasteiger partial charge in [-0.1, -0.05) is 6.07 Å². The highest BCUT2D eigenvalue weighted by Crippen LogP contribution is 2.29. The lowest BCUT2D eigenvalue weighted by atomic mass is 10.2. The SMILES string of the molecule is Cc1ccc(N)c(SCc2ccc(C(=O)NN)o2)c1. The Balaban J connectivity index is 2.04. The Morgan fingerprint density at radius 2 is 2.16 bits per heavy atom. The first-order valence-electron chi connectivity index (χ1n) is 5.68. The molecular weight excluding hydrogens is 262 g/mol. The average Bonchev–Trinajstić information content (AvgIpc) is 2.88. The molecule has 1 aromatic heterocycles. The van der Waals surface area contributed by atoms with Crippen LogP contribution < -0.4 is 17.0 Å². The Kier molecular flexibility index (Phi) is 4.13. The highest BCUT2D eigenvalue weighted by Gasteiger charge is 2.10. The van der Waals surface area contributed by atoms with Crippen LogP contribution in [0.1, 0.15) is 21.9 Å². The number of carbonyl (C=O) groups is 1. The zero-order valence-corrected chi connectivity index (χ0v) is 11.3. The zero-order chi connectivity index (χ0) is 13.8. The van der Waals surface area contributed by atoms with Crippen molar-refractivity contribution < 1.29 is 9.21 Å². The lowest BCUT2D eigenvalue weighted by molar-refractivity contribution is 0.0924. The Morgan fingerprint density at radius 3 is 2.89 bits per heavy atom. The molecule has 2 aromatic rings. The van der Waals surface area contributed by atoms with Gasteiger partial charge in [0.25, 0.3) is 0 Å². The molecule has 1 amide bonds. The van der Waals surface area contributed by atoms with E-state index in [4.69, 9.17) is 16.0 Å². The van der Waals surface area contributed by atoms with E-state index in [9.17, 15) is 4.79 Å². The minimum atomic E-state index is -0.439. The standard InChI is InChI=1S/C13H15N3O2S/c1-8-2-4-10(14)12(6-8)19-7-9-3-5-11(18-9)13(17)16-15/h2-6H,7,14-15H2,1H3,(H,16,17). The molecule has 1 aromatic carbocycles. The quantitative estimate of drug-likeness (QED) is 0.261. The maximum absolute atomic E-state index is 11.2. The minimum Gasteiger partial charge on any atom is -0.455 e.